The van der Waals surface area contributed by atoms with Gasteiger partial charge in [-0.05, 0) is 174 Å². The molecule has 0 atom stereocenters. The number of aryl methyl sites for hydroxylation is 1. The van der Waals surface area contributed by atoms with Gasteiger partial charge in [0.05, 0.1) is 0 Å². The van der Waals surface area contributed by atoms with Gasteiger partial charge in [-0.2, -0.15) is 0 Å². The quantitative estimate of drug-likeness (QED) is 0.106. The predicted molar refractivity (Wildman–Crippen MR) is 538 cm³/mol. The standard InChI is InChI=1S/C63H39N3OS.C56H35N3OS/c1-4-18-40(19-5-1)44-36-45(41-20-6-2-7-21-41)38-46(37-44)43-34-35-54-57(39-43)67-56-32-17-31-55(59(54)56)63-65-61(42-22-8-3-9-23-42)64-62(66-63)53-28-13-12-26-49(53)47-24-10-11-25-48(47)51-29-16-30-52-50-27-14-15-33-58(50)68-60(51)52;1-34-12-9-16-38(30-34)40-28-29-47-48(32-40)60-49-33-41-15-5-6-19-43(41)52(51(47)49)56-58-54(37-13-3-2-4-14-37)57-55(59-56)42-18-10-17-39(31-42)35-24-26-36(27-25-35)44-21-11-22-46-45-20-7-8-23-50(45)61-53(44)46/h1-39H;2-33H,1H3. The molecular formula is C119H74N6O2S2. The number of hydrogen-bond donors (Lipinski definition) is 0. The van der Waals surface area contributed by atoms with E-state index >= 15 is 0 Å². The molecular weight excluding hydrogens is 1610 g/mol. The Morgan fingerprint density at radius 2 is 0.550 bits per heavy atom. The Morgan fingerprint density at radius 3 is 1.17 bits per heavy atom. The molecule has 0 saturated carbocycles. The van der Waals surface area contributed by atoms with Gasteiger partial charge in [-0.3, -0.25) is 0 Å². The lowest BCUT2D eigenvalue weighted by atomic mass is 9.91. The summed E-state index contributed by atoms with van der Waals surface area (Å²) in [4.78, 5) is 31.6. The van der Waals surface area contributed by atoms with Crippen LogP contribution in [0.5, 0.6) is 0 Å². The zero-order valence-electron chi connectivity index (χ0n) is 69.8. The molecule has 6 heterocycles. The number of thiophene rings is 2. The first kappa shape index (κ1) is 76.2. The number of rotatable bonds is 14. The smallest absolute Gasteiger partial charge is 0.165 e. The number of aromatic nitrogens is 6. The van der Waals surface area contributed by atoms with Gasteiger partial charge in [0, 0.05) is 101 Å². The van der Waals surface area contributed by atoms with E-state index < -0.39 is 0 Å². The fraction of sp³-hybridized carbons (Fsp3) is 0.00840. The summed E-state index contributed by atoms with van der Waals surface area (Å²) < 4.78 is 18.6. The molecule has 0 fully saturated rings. The molecule has 0 aliphatic heterocycles. The van der Waals surface area contributed by atoms with Crippen LogP contribution in [0.3, 0.4) is 0 Å². The van der Waals surface area contributed by atoms with Crippen LogP contribution >= 0.6 is 22.7 Å². The van der Waals surface area contributed by atoms with Gasteiger partial charge in [0.2, 0.25) is 0 Å². The third-order valence-corrected chi connectivity index (χ3v) is 27.2. The summed E-state index contributed by atoms with van der Waals surface area (Å²) in [7, 11) is 0. The molecule has 8 nitrogen and oxygen atoms in total. The molecule has 0 aliphatic rings. The maximum atomic E-state index is 6.75. The second-order valence-electron chi connectivity index (χ2n) is 32.7. The van der Waals surface area contributed by atoms with Gasteiger partial charge in [-0.1, -0.05) is 363 Å². The second-order valence-corrected chi connectivity index (χ2v) is 34.8. The average Bonchev–Trinajstić information content (AvgIpc) is 1.60. The van der Waals surface area contributed by atoms with Gasteiger partial charge in [0.15, 0.2) is 34.9 Å². The Bertz CT molecular complexity index is 8640. The minimum absolute atomic E-state index is 0.576. The maximum Gasteiger partial charge on any atom is 0.165 e. The van der Waals surface area contributed by atoms with Crippen molar-refractivity contribution in [3.8, 4) is 157 Å². The van der Waals surface area contributed by atoms with E-state index in [1.165, 1.54) is 73.7 Å². The van der Waals surface area contributed by atoms with Gasteiger partial charge in [0.1, 0.15) is 22.3 Å². The van der Waals surface area contributed by atoms with Crippen molar-refractivity contribution in [2.75, 3.05) is 0 Å². The Hall–Kier alpha value is -16.5. The Morgan fingerprint density at radius 1 is 0.186 bits per heavy atom. The molecule has 0 bridgehead atoms. The summed E-state index contributed by atoms with van der Waals surface area (Å²) in [6.07, 6.45) is 0. The SMILES string of the molecule is Cc1cccc(-c2ccc3c(c2)oc2cc4ccccc4c(-c4nc(-c5ccccc5)nc(-c5cccc(-c6ccc(-c7cccc8c7sc7ccccc78)cc6)c5)n4)c23)c1.c1ccc(-c2cc(-c3ccccc3)cc(-c3ccc4c(c3)oc3cccc(-c5nc(-c6ccccc6)nc(-c6ccccc6-c6ccccc6-c6cccc7c6sc6ccccc67)n5)c34)c2)cc1. The molecule has 0 saturated heterocycles. The van der Waals surface area contributed by atoms with Crippen LogP contribution in [0.4, 0.5) is 0 Å². The van der Waals surface area contributed by atoms with Gasteiger partial charge >= 0.3 is 0 Å². The molecule has 19 aromatic carbocycles. The highest BCUT2D eigenvalue weighted by Gasteiger charge is 2.26. The third kappa shape index (κ3) is 14.0. The van der Waals surface area contributed by atoms with Gasteiger partial charge in [-0.25, -0.2) is 29.9 Å². The average molecular weight is 1680 g/mol. The lowest BCUT2D eigenvalue weighted by Crippen LogP contribution is -2.01. The van der Waals surface area contributed by atoms with Crippen LogP contribution in [-0.4, -0.2) is 29.9 Å². The number of nitrogens with zero attached hydrogens (tertiary/aromatic N) is 6. The van der Waals surface area contributed by atoms with E-state index in [9.17, 15) is 0 Å². The van der Waals surface area contributed by atoms with Gasteiger partial charge in [-0.15, -0.1) is 22.7 Å². The van der Waals surface area contributed by atoms with Crippen LogP contribution in [0, 0.1) is 6.92 Å². The van der Waals surface area contributed by atoms with E-state index in [-0.39, 0.29) is 0 Å². The third-order valence-electron chi connectivity index (χ3n) is 24.7. The van der Waals surface area contributed by atoms with E-state index in [1.54, 1.807) is 0 Å². The number of benzene rings is 19. The predicted octanol–water partition coefficient (Wildman–Crippen LogP) is 33.1. The summed E-state index contributed by atoms with van der Waals surface area (Å²) in [6, 6.07) is 152. The van der Waals surface area contributed by atoms with Crippen LogP contribution in [-0.2, 0) is 0 Å². The Kier molecular flexibility index (Phi) is 19.0. The van der Waals surface area contributed by atoms with E-state index in [0.717, 1.165) is 149 Å². The van der Waals surface area contributed by atoms with Crippen LogP contribution in [0.25, 0.3) is 252 Å². The summed E-state index contributed by atoms with van der Waals surface area (Å²) in [5, 5.41) is 11.2. The highest BCUT2D eigenvalue weighted by molar-refractivity contribution is 7.26. The van der Waals surface area contributed by atoms with Crippen LogP contribution < -0.4 is 0 Å². The lowest BCUT2D eigenvalue weighted by molar-refractivity contribution is 0.669. The summed E-state index contributed by atoms with van der Waals surface area (Å²) in [5.41, 5.74) is 28.2. The molecule has 0 radical (unpaired) electrons. The Labute approximate surface area is 751 Å². The molecule has 0 N–H and O–H groups in total. The van der Waals surface area contributed by atoms with Crippen LogP contribution in [0.1, 0.15) is 5.56 Å². The minimum atomic E-state index is 0.576. The van der Waals surface area contributed by atoms with Crippen LogP contribution in [0.15, 0.2) is 440 Å². The molecule has 25 rings (SSSR count). The highest BCUT2D eigenvalue weighted by atomic mass is 32.1. The molecule has 604 valence electrons. The van der Waals surface area contributed by atoms with E-state index in [0.29, 0.717) is 34.9 Å². The number of hydrogen-bond acceptors (Lipinski definition) is 10. The summed E-state index contributed by atoms with van der Waals surface area (Å²) in [6.45, 7) is 2.12. The van der Waals surface area contributed by atoms with Gasteiger partial charge < -0.3 is 8.83 Å². The zero-order valence-corrected chi connectivity index (χ0v) is 71.4. The molecule has 0 aliphatic carbocycles. The van der Waals surface area contributed by atoms with Crippen molar-refractivity contribution >= 4 is 118 Å². The number of fused-ring (bicyclic) bond motifs is 13. The molecule has 0 amide bonds. The van der Waals surface area contributed by atoms with Crippen molar-refractivity contribution in [3.63, 3.8) is 0 Å². The molecule has 10 heteroatoms. The number of furan rings is 2. The van der Waals surface area contributed by atoms with Crippen LogP contribution in [0.2, 0.25) is 0 Å². The normalized spacial score (nSPS) is 11.6. The molecule has 129 heavy (non-hydrogen) atoms. The molecule has 25 aromatic rings. The zero-order chi connectivity index (χ0) is 85.4. The topological polar surface area (TPSA) is 104 Å². The van der Waals surface area contributed by atoms with Crippen molar-refractivity contribution < 1.29 is 8.83 Å². The fourth-order valence-electron chi connectivity index (χ4n) is 18.6. The molecule has 6 aromatic heterocycles. The van der Waals surface area contributed by atoms with Crippen molar-refractivity contribution in [3.05, 3.63) is 436 Å². The summed E-state index contributed by atoms with van der Waals surface area (Å²) in [5.74, 6) is 3.59. The van der Waals surface area contributed by atoms with Crippen molar-refractivity contribution in [1.29, 1.82) is 0 Å². The maximum absolute atomic E-state index is 6.75. The molecule has 0 unspecified atom stereocenters. The minimum Gasteiger partial charge on any atom is -0.456 e. The first-order valence-corrected chi connectivity index (χ1v) is 45.0. The van der Waals surface area contributed by atoms with Gasteiger partial charge in [0.25, 0.3) is 0 Å². The summed E-state index contributed by atoms with van der Waals surface area (Å²) >= 11 is 3.71. The lowest BCUT2D eigenvalue weighted by Gasteiger charge is -2.15. The second kappa shape index (κ2) is 32.2. The highest BCUT2D eigenvalue weighted by Crippen LogP contribution is 2.49. The van der Waals surface area contributed by atoms with Crippen molar-refractivity contribution in [1.82, 2.24) is 29.9 Å². The fourth-order valence-corrected chi connectivity index (χ4v) is 21.0. The molecule has 0 spiro atoms. The van der Waals surface area contributed by atoms with Crippen molar-refractivity contribution in [2.24, 2.45) is 0 Å². The monoisotopic (exact) mass is 1680 g/mol. The van der Waals surface area contributed by atoms with E-state index in [2.05, 4.69) is 389 Å². The first-order chi connectivity index (χ1) is 63.8. The Balaban J connectivity index is 0.000000144. The first-order valence-electron chi connectivity index (χ1n) is 43.3. The largest absolute Gasteiger partial charge is 0.456 e. The van der Waals surface area contributed by atoms with E-state index in [4.69, 9.17) is 38.7 Å². The van der Waals surface area contributed by atoms with E-state index in [1.807, 2.05) is 71.2 Å². The van der Waals surface area contributed by atoms with Crippen molar-refractivity contribution in [2.45, 2.75) is 6.92 Å².